The summed E-state index contributed by atoms with van der Waals surface area (Å²) in [5, 5.41) is 4.47. The van der Waals surface area contributed by atoms with Gasteiger partial charge in [0.25, 0.3) is 0 Å². The van der Waals surface area contributed by atoms with E-state index in [-0.39, 0.29) is 6.10 Å². The van der Waals surface area contributed by atoms with Gasteiger partial charge in [-0.3, -0.25) is 4.90 Å². The third-order valence-corrected chi connectivity index (χ3v) is 4.39. The van der Waals surface area contributed by atoms with Gasteiger partial charge in [-0.2, -0.15) is 5.10 Å². The lowest BCUT2D eigenvalue weighted by atomic mass is 10.1. The number of nitrogens with zero attached hydrogens (tertiary/aromatic N) is 4. The van der Waals surface area contributed by atoms with Gasteiger partial charge in [0.05, 0.1) is 18.9 Å². The summed E-state index contributed by atoms with van der Waals surface area (Å²) >= 11 is 0. The molecule has 0 bridgehead atoms. The molecule has 24 heavy (non-hydrogen) atoms. The number of rotatable bonds is 4. The van der Waals surface area contributed by atoms with Crippen molar-refractivity contribution in [3.63, 3.8) is 0 Å². The van der Waals surface area contributed by atoms with Crippen LogP contribution in [0.25, 0.3) is 16.8 Å². The fourth-order valence-electron chi connectivity index (χ4n) is 3.14. The van der Waals surface area contributed by atoms with Gasteiger partial charge in [0.2, 0.25) is 0 Å². The van der Waals surface area contributed by atoms with Gasteiger partial charge in [-0.25, -0.2) is 9.50 Å². The Bertz CT molecular complexity index is 817. The molecule has 3 aromatic rings. The van der Waals surface area contributed by atoms with Crippen molar-refractivity contribution in [2.75, 3.05) is 26.2 Å². The van der Waals surface area contributed by atoms with E-state index >= 15 is 0 Å². The van der Waals surface area contributed by atoms with Crippen molar-refractivity contribution in [1.82, 2.24) is 19.5 Å². The van der Waals surface area contributed by atoms with Gasteiger partial charge in [-0.05, 0) is 5.56 Å². The average Bonchev–Trinajstić information content (AvgIpc) is 3.06. The summed E-state index contributed by atoms with van der Waals surface area (Å²) in [6, 6.07) is 10.2. The fourth-order valence-corrected chi connectivity index (χ4v) is 3.14. The molecular weight excluding hydrogens is 302 g/mol. The third kappa shape index (κ3) is 3.03. The molecule has 0 amide bonds. The number of morpholine rings is 1. The second-order valence-electron chi connectivity index (χ2n) is 6.12. The molecule has 2 N–H and O–H groups in total. The molecule has 6 heteroatoms. The van der Waals surface area contributed by atoms with Crippen LogP contribution in [0.2, 0.25) is 0 Å². The number of benzene rings is 1. The Morgan fingerprint density at radius 2 is 2.08 bits per heavy atom. The van der Waals surface area contributed by atoms with Crippen LogP contribution in [-0.2, 0) is 11.3 Å². The van der Waals surface area contributed by atoms with Crippen molar-refractivity contribution in [3.8, 4) is 11.1 Å². The van der Waals surface area contributed by atoms with Gasteiger partial charge in [0.15, 0.2) is 5.65 Å². The highest BCUT2D eigenvalue weighted by atomic mass is 16.5. The summed E-state index contributed by atoms with van der Waals surface area (Å²) in [4.78, 5) is 6.99. The van der Waals surface area contributed by atoms with Crippen molar-refractivity contribution >= 4 is 5.65 Å². The Morgan fingerprint density at radius 3 is 2.92 bits per heavy atom. The van der Waals surface area contributed by atoms with Crippen molar-refractivity contribution in [2.24, 2.45) is 5.73 Å². The van der Waals surface area contributed by atoms with Gasteiger partial charge in [-0.15, -0.1) is 0 Å². The standard InChI is InChI=1S/C18H21N5O/c19-8-16-13-22(6-7-24-16)11-14-9-20-18-17(10-21-23(18)12-14)15-4-2-1-3-5-15/h1-5,9-10,12,16H,6-8,11,13,19H2/t16-/m1/s1. The van der Waals surface area contributed by atoms with Crippen molar-refractivity contribution in [3.05, 3.63) is 54.5 Å². The molecule has 124 valence electrons. The van der Waals surface area contributed by atoms with E-state index in [1.165, 1.54) is 0 Å². The largest absolute Gasteiger partial charge is 0.374 e. The number of aromatic nitrogens is 3. The molecule has 1 aliphatic heterocycles. The van der Waals surface area contributed by atoms with Crippen LogP contribution < -0.4 is 5.73 Å². The first-order valence-corrected chi connectivity index (χ1v) is 8.25. The Hall–Kier alpha value is -2.28. The summed E-state index contributed by atoms with van der Waals surface area (Å²) in [6.45, 7) is 3.92. The minimum Gasteiger partial charge on any atom is -0.374 e. The van der Waals surface area contributed by atoms with Crippen LogP contribution in [0.3, 0.4) is 0 Å². The van der Waals surface area contributed by atoms with E-state index in [1.54, 1.807) is 0 Å². The highest BCUT2D eigenvalue weighted by molar-refractivity contribution is 5.76. The van der Waals surface area contributed by atoms with Crippen LogP contribution in [0, 0.1) is 0 Å². The molecule has 1 saturated heterocycles. The van der Waals surface area contributed by atoms with Crippen LogP contribution in [0.4, 0.5) is 0 Å². The molecule has 2 aromatic heterocycles. The number of ether oxygens (including phenoxy) is 1. The molecule has 1 atom stereocenters. The monoisotopic (exact) mass is 323 g/mol. The maximum absolute atomic E-state index is 5.71. The van der Waals surface area contributed by atoms with E-state index in [9.17, 15) is 0 Å². The smallest absolute Gasteiger partial charge is 0.162 e. The second-order valence-corrected chi connectivity index (χ2v) is 6.12. The van der Waals surface area contributed by atoms with E-state index in [1.807, 2.05) is 35.1 Å². The predicted molar refractivity (Wildman–Crippen MR) is 92.5 cm³/mol. The number of hydrogen-bond donors (Lipinski definition) is 1. The molecular formula is C18H21N5O. The number of fused-ring (bicyclic) bond motifs is 1. The van der Waals surface area contributed by atoms with Gasteiger partial charge >= 0.3 is 0 Å². The minimum atomic E-state index is 0.129. The molecule has 3 heterocycles. The van der Waals surface area contributed by atoms with Crippen LogP contribution in [0.1, 0.15) is 5.56 Å². The lowest BCUT2D eigenvalue weighted by Crippen LogP contribution is -2.45. The molecule has 1 aromatic carbocycles. The molecule has 1 fully saturated rings. The molecule has 0 aliphatic carbocycles. The summed E-state index contributed by atoms with van der Waals surface area (Å²) in [7, 11) is 0. The topological polar surface area (TPSA) is 68.7 Å². The SMILES string of the molecule is NC[C@@H]1CN(Cc2cnc3c(-c4ccccc4)cnn3c2)CCO1. The molecule has 0 unspecified atom stereocenters. The van der Waals surface area contributed by atoms with Gasteiger partial charge in [-0.1, -0.05) is 30.3 Å². The van der Waals surface area contributed by atoms with Crippen LogP contribution >= 0.6 is 0 Å². The molecule has 0 radical (unpaired) electrons. The van der Waals surface area contributed by atoms with E-state index in [2.05, 4.69) is 33.3 Å². The van der Waals surface area contributed by atoms with Gasteiger partial charge in [0.1, 0.15) is 0 Å². The Labute approximate surface area is 140 Å². The van der Waals surface area contributed by atoms with Crippen molar-refractivity contribution in [2.45, 2.75) is 12.6 Å². The first kappa shape index (κ1) is 15.3. The van der Waals surface area contributed by atoms with Crippen LogP contribution in [0.15, 0.2) is 48.9 Å². The number of hydrogen-bond acceptors (Lipinski definition) is 5. The zero-order valence-electron chi connectivity index (χ0n) is 13.5. The maximum atomic E-state index is 5.71. The Kier molecular flexibility index (Phi) is 4.25. The Balaban J connectivity index is 1.56. The predicted octanol–water partition coefficient (Wildman–Crippen LogP) is 1.56. The second kappa shape index (κ2) is 6.68. The molecule has 0 spiro atoms. The van der Waals surface area contributed by atoms with Crippen LogP contribution in [0.5, 0.6) is 0 Å². The van der Waals surface area contributed by atoms with E-state index in [4.69, 9.17) is 10.5 Å². The maximum Gasteiger partial charge on any atom is 0.162 e. The summed E-state index contributed by atoms with van der Waals surface area (Å²) in [6.07, 6.45) is 6.00. The highest BCUT2D eigenvalue weighted by Gasteiger charge is 2.19. The van der Waals surface area contributed by atoms with Crippen molar-refractivity contribution in [1.29, 1.82) is 0 Å². The minimum absolute atomic E-state index is 0.129. The van der Waals surface area contributed by atoms with E-state index < -0.39 is 0 Å². The van der Waals surface area contributed by atoms with Crippen molar-refractivity contribution < 1.29 is 4.74 Å². The molecule has 6 nitrogen and oxygen atoms in total. The number of nitrogens with two attached hydrogens (primary N) is 1. The van der Waals surface area contributed by atoms with Crippen LogP contribution in [-0.4, -0.2) is 51.8 Å². The fraction of sp³-hybridized carbons (Fsp3) is 0.333. The quantitative estimate of drug-likeness (QED) is 0.789. The van der Waals surface area contributed by atoms with Gasteiger partial charge < -0.3 is 10.5 Å². The van der Waals surface area contributed by atoms with E-state index in [0.29, 0.717) is 6.54 Å². The summed E-state index contributed by atoms with van der Waals surface area (Å²) < 4.78 is 7.48. The summed E-state index contributed by atoms with van der Waals surface area (Å²) in [5.74, 6) is 0. The zero-order chi connectivity index (χ0) is 16.4. The zero-order valence-corrected chi connectivity index (χ0v) is 13.5. The lowest BCUT2D eigenvalue weighted by molar-refractivity contribution is -0.0261. The highest BCUT2D eigenvalue weighted by Crippen LogP contribution is 2.23. The Morgan fingerprint density at radius 1 is 1.21 bits per heavy atom. The van der Waals surface area contributed by atoms with Gasteiger partial charge in [0, 0.05) is 49.7 Å². The lowest BCUT2D eigenvalue weighted by Gasteiger charge is -2.32. The third-order valence-electron chi connectivity index (χ3n) is 4.39. The van der Waals surface area contributed by atoms with E-state index in [0.717, 1.165) is 48.6 Å². The first-order valence-electron chi connectivity index (χ1n) is 8.25. The normalized spacial score (nSPS) is 19.0. The molecule has 4 rings (SSSR count). The first-order chi connectivity index (χ1) is 11.8. The average molecular weight is 323 g/mol. The molecule has 0 saturated carbocycles. The summed E-state index contributed by atoms with van der Waals surface area (Å²) in [5.41, 5.74) is 9.92. The molecule has 1 aliphatic rings.